The smallest absolute Gasteiger partial charge is 0.311 e. The molecule has 1 aromatic rings. The van der Waals surface area contributed by atoms with E-state index in [2.05, 4.69) is 5.32 Å². The van der Waals surface area contributed by atoms with E-state index in [0.29, 0.717) is 12.8 Å². The van der Waals surface area contributed by atoms with Crippen LogP contribution in [-0.4, -0.2) is 23.5 Å². The van der Waals surface area contributed by atoms with Gasteiger partial charge in [-0.2, -0.15) is 0 Å². The quantitative estimate of drug-likeness (QED) is 0.874. The van der Waals surface area contributed by atoms with E-state index < -0.39 is 16.8 Å². The predicted octanol–water partition coefficient (Wildman–Crippen LogP) is 3.42. The van der Waals surface area contributed by atoms with E-state index in [1.54, 1.807) is 0 Å². The molecule has 23 heavy (non-hydrogen) atoms. The minimum Gasteiger partial charge on any atom is -0.481 e. The molecule has 2 N–H and O–H groups in total. The summed E-state index contributed by atoms with van der Waals surface area (Å²) >= 11 is 0. The van der Waals surface area contributed by atoms with Gasteiger partial charge in [0.25, 0.3) is 0 Å². The Morgan fingerprint density at radius 1 is 1.17 bits per heavy atom. The Balaban J connectivity index is 2.11. The Hall–Kier alpha value is -1.84. The summed E-state index contributed by atoms with van der Waals surface area (Å²) in [7, 11) is 0. The van der Waals surface area contributed by atoms with Crippen LogP contribution in [-0.2, 0) is 15.0 Å². The number of carboxylic acids is 1. The highest BCUT2D eigenvalue weighted by atomic mass is 16.4. The molecule has 4 heteroatoms. The number of nitrogens with one attached hydrogen (secondary N) is 1. The third-order valence-electron chi connectivity index (χ3n) is 5.24. The number of hydrogen-bond donors (Lipinski definition) is 2. The van der Waals surface area contributed by atoms with Crippen molar-refractivity contribution in [2.45, 2.75) is 58.3 Å². The van der Waals surface area contributed by atoms with Crippen LogP contribution < -0.4 is 5.32 Å². The van der Waals surface area contributed by atoms with Gasteiger partial charge in [-0.15, -0.1) is 0 Å². The molecule has 0 heterocycles. The second-order valence-corrected chi connectivity index (χ2v) is 7.27. The van der Waals surface area contributed by atoms with Gasteiger partial charge < -0.3 is 10.4 Å². The molecule has 0 radical (unpaired) electrons. The van der Waals surface area contributed by atoms with Gasteiger partial charge in [0, 0.05) is 6.54 Å². The third kappa shape index (κ3) is 3.57. The monoisotopic (exact) mass is 317 g/mol. The molecule has 0 aliphatic heterocycles. The van der Waals surface area contributed by atoms with Crippen LogP contribution in [0, 0.1) is 12.3 Å². The minimum absolute atomic E-state index is 0.113. The summed E-state index contributed by atoms with van der Waals surface area (Å²) in [6.07, 6.45) is 4.21. The van der Waals surface area contributed by atoms with E-state index in [9.17, 15) is 14.7 Å². The summed E-state index contributed by atoms with van der Waals surface area (Å²) in [5.41, 5.74) is 0.568. The lowest BCUT2D eigenvalue weighted by atomic mass is 9.73. The minimum atomic E-state index is -0.796. The van der Waals surface area contributed by atoms with Crippen molar-refractivity contribution in [3.8, 4) is 0 Å². The van der Waals surface area contributed by atoms with Gasteiger partial charge in [-0.05, 0) is 44.7 Å². The van der Waals surface area contributed by atoms with Crippen LogP contribution in [0.1, 0.15) is 57.1 Å². The summed E-state index contributed by atoms with van der Waals surface area (Å²) in [4.78, 5) is 24.4. The van der Waals surface area contributed by atoms with Crippen molar-refractivity contribution in [2.75, 3.05) is 6.54 Å². The fraction of sp³-hybridized carbons (Fsp3) is 0.579. The molecule has 1 saturated carbocycles. The van der Waals surface area contributed by atoms with E-state index in [-0.39, 0.29) is 12.5 Å². The highest BCUT2D eigenvalue weighted by molar-refractivity contribution is 5.88. The van der Waals surface area contributed by atoms with E-state index in [1.807, 2.05) is 45.0 Å². The van der Waals surface area contributed by atoms with E-state index >= 15 is 0 Å². The van der Waals surface area contributed by atoms with Crippen LogP contribution >= 0.6 is 0 Å². The molecule has 4 nitrogen and oxygen atoms in total. The first-order chi connectivity index (χ1) is 10.8. The van der Waals surface area contributed by atoms with Crippen LogP contribution in [0.5, 0.6) is 0 Å². The largest absolute Gasteiger partial charge is 0.481 e. The van der Waals surface area contributed by atoms with Gasteiger partial charge in [0.05, 0.1) is 10.8 Å². The maximum absolute atomic E-state index is 12.7. The average Bonchev–Trinajstić information content (AvgIpc) is 2.53. The normalized spacial score (nSPS) is 17.5. The molecule has 126 valence electrons. The average molecular weight is 317 g/mol. The molecule has 0 atom stereocenters. The number of aliphatic carboxylic acids is 1. The first kappa shape index (κ1) is 17.5. The predicted molar refractivity (Wildman–Crippen MR) is 90.4 cm³/mol. The molecule has 0 aromatic heterocycles. The van der Waals surface area contributed by atoms with Crippen molar-refractivity contribution in [1.29, 1.82) is 0 Å². The van der Waals surface area contributed by atoms with Gasteiger partial charge in [-0.3, -0.25) is 9.59 Å². The van der Waals surface area contributed by atoms with Crippen molar-refractivity contribution in [3.05, 3.63) is 35.4 Å². The number of aryl methyl sites for hydroxylation is 1. The molecule has 1 aromatic carbocycles. The number of carbonyl (C=O) groups excluding carboxylic acids is 1. The Morgan fingerprint density at radius 3 is 2.35 bits per heavy atom. The maximum atomic E-state index is 12.7. The molecule has 0 unspecified atom stereocenters. The van der Waals surface area contributed by atoms with Crippen molar-refractivity contribution >= 4 is 11.9 Å². The SMILES string of the molecule is Cc1ccccc1C(C)(C)C(=O)NCC1(C(=O)O)CCCCC1. The highest BCUT2D eigenvalue weighted by Crippen LogP contribution is 2.36. The fourth-order valence-corrected chi connectivity index (χ4v) is 3.56. The van der Waals surface area contributed by atoms with Crippen LogP contribution in [0.15, 0.2) is 24.3 Å². The molecule has 0 spiro atoms. The zero-order valence-corrected chi connectivity index (χ0v) is 14.3. The van der Waals surface area contributed by atoms with Gasteiger partial charge in [0.15, 0.2) is 0 Å². The van der Waals surface area contributed by atoms with Crippen molar-refractivity contribution in [1.82, 2.24) is 5.32 Å². The fourth-order valence-electron chi connectivity index (χ4n) is 3.56. The second-order valence-electron chi connectivity index (χ2n) is 7.27. The zero-order chi connectivity index (χ0) is 17.1. The Kier molecular flexibility index (Phi) is 5.12. The summed E-state index contributed by atoms with van der Waals surface area (Å²) in [5, 5.41) is 12.5. The molecule has 1 aliphatic rings. The molecule has 0 bridgehead atoms. The standard InChI is InChI=1S/C19H27NO3/c1-14-9-5-6-10-15(14)18(2,3)16(21)20-13-19(17(22)23)11-7-4-8-12-19/h5-6,9-10H,4,7-8,11-13H2,1-3H3,(H,20,21)(H,22,23). The van der Waals surface area contributed by atoms with E-state index in [1.165, 1.54) is 0 Å². The Bertz CT molecular complexity index is 586. The summed E-state index contributed by atoms with van der Waals surface area (Å²) in [6.45, 7) is 5.98. The van der Waals surface area contributed by atoms with Crippen molar-refractivity contribution in [3.63, 3.8) is 0 Å². The molecule has 1 aliphatic carbocycles. The Morgan fingerprint density at radius 2 is 1.78 bits per heavy atom. The van der Waals surface area contributed by atoms with Gasteiger partial charge in [0.1, 0.15) is 0 Å². The molecule has 2 rings (SSSR count). The van der Waals surface area contributed by atoms with Crippen molar-refractivity contribution in [2.24, 2.45) is 5.41 Å². The van der Waals surface area contributed by atoms with Crippen LogP contribution in [0.25, 0.3) is 0 Å². The summed E-state index contributed by atoms with van der Waals surface area (Å²) in [5.74, 6) is -0.899. The second kappa shape index (κ2) is 6.73. The topological polar surface area (TPSA) is 66.4 Å². The van der Waals surface area contributed by atoms with Crippen LogP contribution in [0.3, 0.4) is 0 Å². The lowest BCUT2D eigenvalue weighted by molar-refractivity contribution is -0.151. The van der Waals surface area contributed by atoms with Gasteiger partial charge in [-0.1, -0.05) is 43.5 Å². The van der Waals surface area contributed by atoms with E-state index in [0.717, 1.165) is 30.4 Å². The van der Waals surface area contributed by atoms with E-state index in [4.69, 9.17) is 0 Å². The maximum Gasteiger partial charge on any atom is 0.311 e. The third-order valence-corrected chi connectivity index (χ3v) is 5.24. The molecular formula is C19H27NO3. The van der Waals surface area contributed by atoms with Gasteiger partial charge >= 0.3 is 5.97 Å². The number of rotatable bonds is 5. The highest BCUT2D eigenvalue weighted by Gasteiger charge is 2.41. The molecule has 1 amide bonds. The number of carboxylic acid groups (broad SMARTS) is 1. The number of benzene rings is 1. The van der Waals surface area contributed by atoms with Gasteiger partial charge in [-0.25, -0.2) is 0 Å². The summed E-state index contributed by atoms with van der Waals surface area (Å²) in [6, 6.07) is 7.83. The number of amides is 1. The molecular weight excluding hydrogens is 290 g/mol. The Labute approximate surface area is 138 Å². The number of carbonyl (C=O) groups is 2. The number of hydrogen-bond acceptors (Lipinski definition) is 2. The zero-order valence-electron chi connectivity index (χ0n) is 14.3. The van der Waals surface area contributed by atoms with Crippen LogP contribution in [0.4, 0.5) is 0 Å². The first-order valence-corrected chi connectivity index (χ1v) is 8.37. The molecule has 1 fully saturated rings. The van der Waals surface area contributed by atoms with Crippen LogP contribution in [0.2, 0.25) is 0 Å². The lowest BCUT2D eigenvalue weighted by Crippen LogP contribution is -2.48. The lowest BCUT2D eigenvalue weighted by Gasteiger charge is -2.35. The summed E-state index contributed by atoms with van der Waals surface area (Å²) < 4.78 is 0. The van der Waals surface area contributed by atoms with Crippen molar-refractivity contribution < 1.29 is 14.7 Å². The molecule has 0 saturated heterocycles. The van der Waals surface area contributed by atoms with Gasteiger partial charge in [0.2, 0.25) is 5.91 Å². The first-order valence-electron chi connectivity index (χ1n) is 8.37.